The Bertz CT molecular complexity index is 1270. The summed E-state index contributed by atoms with van der Waals surface area (Å²) >= 11 is 0. The molecular formula is C33H31NO5. The summed E-state index contributed by atoms with van der Waals surface area (Å²) in [5.74, 6) is 0. The second-order valence-electron chi connectivity index (χ2n) is 10.1. The van der Waals surface area contributed by atoms with E-state index in [1.165, 1.54) is 0 Å². The molecule has 0 aliphatic carbocycles. The van der Waals surface area contributed by atoms with Gasteiger partial charge in [0.15, 0.2) is 12.2 Å². The second-order valence-corrected chi connectivity index (χ2v) is 10.1. The minimum atomic E-state index is -0.987. The Hall–Kier alpha value is -3.97. The van der Waals surface area contributed by atoms with Crippen molar-refractivity contribution in [2.75, 3.05) is 13.2 Å². The molecule has 0 unspecified atom stereocenters. The fraction of sp³-hybridized carbons (Fsp3) is 0.242. The molecule has 6 heteroatoms. The maximum absolute atomic E-state index is 12.0. The Labute approximate surface area is 228 Å². The number of aliphatic hydroxyl groups is 1. The molecule has 0 spiro atoms. The number of fused-ring (bicyclic) bond motifs is 1. The molecule has 2 saturated heterocycles. The number of benzene rings is 4. The van der Waals surface area contributed by atoms with Crippen LogP contribution in [0.4, 0.5) is 4.79 Å². The number of carbonyl (C=O) groups is 1. The third kappa shape index (κ3) is 4.94. The molecule has 39 heavy (non-hydrogen) atoms. The van der Waals surface area contributed by atoms with Crippen LogP contribution >= 0.6 is 0 Å². The van der Waals surface area contributed by atoms with Gasteiger partial charge in [-0.2, -0.15) is 0 Å². The molecule has 6 nitrogen and oxygen atoms in total. The van der Waals surface area contributed by atoms with Crippen LogP contribution in [0.5, 0.6) is 0 Å². The number of rotatable bonds is 8. The Morgan fingerprint density at radius 1 is 0.744 bits per heavy atom. The molecule has 4 aromatic carbocycles. The van der Waals surface area contributed by atoms with Crippen molar-refractivity contribution in [2.45, 2.75) is 36.5 Å². The number of likely N-dealkylation sites (tertiary alicyclic amines) is 1. The summed E-state index contributed by atoms with van der Waals surface area (Å²) in [6.07, 6.45) is -3.00. The van der Waals surface area contributed by atoms with Gasteiger partial charge in [-0.05, 0) is 22.3 Å². The average Bonchev–Trinajstić information content (AvgIpc) is 3.37. The van der Waals surface area contributed by atoms with E-state index in [0.29, 0.717) is 13.1 Å². The molecule has 0 aromatic heterocycles. The molecule has 6 rings (SSSR count). The van der Waals surface area contributed by atoms with Gasteiger partial charge >= 0.3 is 6.16 Å². The zero-order valence-corrected chi connectivity index (χ0v) is 21.5. The summed E-state index contributed by atoms with van der Waals surface area (Å²) < 4.78 is 17.9. The Balaban J connectivity index is 1.40. The molecule has 0 saturated carbocycles. The smallest absolute Gasteiger partial charge is 0.426 e. The number of aliphatic hydroxyl groups excluding tert-OH is 1. The molecule has 0 amide bonds. The van der Waals surface area contributed by atoms with Crippen LogP contribution < -0.4 is 0 Å². The third-order valence-electron chi connectivity index (χ3n) is 7.70. The van der Waals surface area contributed by atoms with Crippen LogP contribution in [-0.2, 0) is 26.4 Å². The summed E-state index contributed by atoms with van der Waals surface area (Å²) in [5.41, 5.74) is 3.11. The fourth-order valence-corrected chi connectivity index (χ4v) is 5.82. The van der Waals surface area contributed by atoms with Crippen molar-refractivity contribution < 1.29 is 24.1 Å². The van der Waals surface area contributed by atoms with Gasteiger partial charge in [0, 0.05) is 13.1 Å². The highest BCUT2D eigenvalue weighted by Gasteiger charge is 2.52. The molecule has 2 heterocycles. The van der Waals surface area contributed by atoms with Crippen LogP contribution in [-0.4, -0.2) is 53.7 Å². The van der Waals surface area contributed by atoms with Crippen molar-refractivity contribution in [3.05, 3.63) is 144 Å². The zero-order chi connectivity index (χ0) is 26.7. The predicted octanol–water partition coefficient (Wildman–Crippen LogP) is 5.14. The second kappa shape index (κ2) is 11.0. The first-order valence-electron chi connectivity index (χ1n) is 13.3. The van der Waals surface area contributed by atoms with E-state index in [2.05, 4.69) is 53.4 Å². The third-order valence-corrected chi connectivity index (χ3v) is 7.70. The van der Waals surface area contributed by atoms with Gasteiger partial charge in [-0.25, -0.2) is 4.79 Å². The van der Waals surface area contributed by atoms with Crippen LogP contribution in [0.2, 0.25) is 0 Å². The van der Waals surface area contributed by atoms with E-state index in [0.717, 1.165) is 22.3 Å². The first-order chi connectivity index (χ1) is 19.1. The zero-order valence-electron chi connectivity index (χ0n) is 21.5. The molecule has 2 aliphatic heterocycles. The van der Waals surface area contributed by atoms with Crippen molar-refractivity contribution in [1.29, 1.82) is 0 Å². The minimum absolute atomic E-state index is 0.188. The lowest BCUT2D eigenvalue weighted by Gasteiger charge is -2.44. The summed E-state index contributed by atoms with van der Waals surface area (Å²) in [6.45, 7) is 1.20. The Kier molecular flexibility index (Phi) is 7.16. The first kappa shape index (κ1) is 25.3. The molecule has 2 aliphatic rings. The van der Waals surface area contributed by atoms with E-state index >= 15 is 0 Å². The van der Waals surface area contributed by atoms with Crippen LogP contribution in [0.25, 0.3) is 0 Å². The normalized spacial score (nSPS) is 23.1. The maximum atomic E-state index is 12.0. The summed E-state index contributed by atoms with van der Waals surface area (Å²) in [7, 11) is 0. The van der Waals surface area contributed by atoms with Crippen molar-refractivity contribution >= 4 is 6.16 Å². The minimum Gasteiger partial charge on any atom is -0.426 e. The molecule has 1 N–H and O–H groups in total. The van der Waals surface area contributed by atoms with E-state index in [-0.39, 0.29) is 6.61 Å². The van der Waals surface area contributed by atoms with Gasteiger partial charge < -0.3 is 19.3 Å². The number of ether oxygens (including phenoxy) is 3. The maximum Gasteiger partial charge on any atom is 0.509 e. The summed E-state index contributed by atoms with van der Waals surface area (Å²) in [4.78, 5) is 14.1. The number of nitrogens with zero attached hydrogens (tertiary/aromatic N) is 1. The van der Waals surface area contributed by atoms with Gasteiger partial charge in [-0.15, -0.1) is 0 Å². The van der Waals surface area contributed by atoms with Gasteiger partial charge in [0.2, 0.25) is 0 Å². The van der Waals surface area contributed by atoms with E-state index < -0.39 is 36.1 Å². The molecule has 4 atom stereocenters. The highest BCUT2D eigenvalue weighted by molar-refractivity contribution is 5.63. The number of hydrogen-bond donors (Lipinski definition) is 1. The van der Waals surface area contributed by atoms with Crippen molar-refractivity contribution in [3.63, 3.8) is 0 Å². The lowest BCUT2D eigenvalue weighted by Crippen LogP contribution is -2.61. The molecule has 0 radical (unpaired) electrons. The van der Waals surface area contributed by atoms with Gasteiger partial charge in [0.25, 0.3) is 0 Å². The standard InChI is InChI=1S/C33H31NO5/c35-30-28(34(21-24-13-5-1-6-14-24)22-29-31(30)39-32(36)38-29)23-37-33(25-15-7-2-8-16-25,26-17-9-3-10-18-26)27-19-11-4-12-20-27/h1-20,28-31,35H,21-23H2/t28-,29+,30-,31-/m1/s1. The lowest BCUT2D eigenvalue weighted by atomic mass is 9.80. The van der Waals surface area contributed by atoms with E-state index in [9.17, 15) is 9.90 Å². The molecule has 2 fully saturated rings. The monoisotopic (exact) mass is 521 g/mol. The van der Waals surface area contributed by atoms with Crippen LogP contribution in [0, 0.1) is 0 Å². The topological polar surface area (TPSA) is 68.2 Å². The average molecular weight is 522 g/mol. The Morgan fingerprint density at radius 3 is 1.74 bits per heavy atom. The molecule has 0 bridgehead atoms. The number of carbonyl (C=O) groups excluding carboxylic acids is 1. The van der Waals surface area contributed by atoms with E-state index in [1.54, 1.807) is 0 Å². The first-order valence-corrected chi connectivity index (χ1v) is 13.3. The van der Waals surface area contributed by atoms with Crippen LogP contribution in [0.3, 0.4) is 0 Å². The van der Waals surface area contributed by atoms with Crippen molar-refractivity contribution in [1.82, 2.24) is 4.90 Å². The quantitative estimate of drug-likeness (QED) is 0.256. The van der Waals surface area contributed by atoms with Gasteiger partial charge in [0.05, 0.1) is 12.6 Å². The van der Waals surface area contributed by atoms with Crippen LogP contribution in [0.15, 0.2) is 121 Å². The predicted molar refractivity (Wildman–Crippen MR) is 147 cm³/mol. The van der Waals surface area contributed by atoms with Crippen molar-refractivity contribution in [2.24, 2.45) is 0 Å². The van der Waals surface area contributed by atoms with E-state index in [1.807, 2.05) is 72.8 Å². The Morgan fingerprint density at radius 2 is 1.23 bits per heavy atom. The largest absolute Gasteiger partial charge is 0.509 e. The number of piperidine rings is 1. The molecule has 4 aromatic rings. The number of hydrogen-bond acceptors (Lipinski definition) is 6. The van der Waals surface area contributed by atoms with Gasteiger partial charge in [0.1, 0.15) is 11.7 Å². The lowest BCUT2D eigenvalue weighted by molar-refractivity contribution is -0.125. The van der Waals surface area contributed by atoms with Crippen molar-refractivity contribution in [3.8, 4) is 0 Å². The fourth-order valence-electron chi connectivity index (χ4n) is 5.82. The van der Waals surface area contributed by atoms with Gasteiger partial charge in [-0.3, -0.25) is 4.90 Å². The van der Waals surface area contributed by atoms with Crippen LogP contribution in [0.1, 0.15) is 22.3 Å². The molecular weight excluding hydrogens is 490 g/mol. The SMILES string of the molecule is O=C1O[C@H]2[C@H](O)[C@@H](COC(c3ccccc3)(c3ccccc3)c3ccccc3)N(Cc3ccccc3)C[C@@H]2O1. The summed E-state index contributed by atoms with van der Waals surface area (Å²) in [5, 5.41) is 11.5. The highest BCUT2D eigenvalue weighted by atomic mass is 16.8. The van der Waals surface area contributed by atoms with Gasteiger partial charge in [-0.1, -0.05) is 121 Å². The highest BCUT2D eigenvalue weighted by Crippen LogP contribution is 2.41. The van der Waals surface area contributed by atoms with E-state index in [4.69, 9.17) is 14.2 Å². The molecule has 198 valence electrons. The summed E-state index contributed by atoms with van der Waals surface area (Å²) in [6, 6.07) is 40.1.